The molecule has 19 heavy (non-hydrogen) atoms. The first-order valence-electron chi connectivity index (χ1n) is 6.31. The summed E-state index contributed by atoms with van der Waals surface area (Å²) in [7, 11) is 1.60. The van der Waals surface area contributed by atoms with Crippen molar-refractivity contribution in [3.05, 3.63) is 12.3 Å². The number of aromatic nitrogens is 2. The standard InChI is InChI=1S/C12H20N4O2.ClH/c1-3-16-10(4-7-14-16)15-11(17)12(18-2)5-8-13-9-6-12;/h4,7,13H,3,5-6,8-9H2,1-2H3,(H,15,17);1H. The number of methoxy groups -OCH3 is 1. The van der Waals surface area contributed by atoms with Crippen LogP contribution in [0, 0.1) is 0 Å². The summed E-state index contributed by atoms with van der Waals surface area (Å²) in [6, 6.07) is 1.80. The third kappa shape index (κ3) is 3.26. The minimum absolute atomic E-state index is 0. The highest BCUT2D eigenvalue weighted by Crippen LogP contribution is 2.24. The van der Waals surface area contributed by atoms with Gasteiger partial charge in [0.1, 0.15) is 11.4 Å². The van der Waals surface area contributed by atoms with E-state index >= 15 is 0 Å². The van der Waals surface area contributed by atoms with E-state index in [1.54, 1.807) is 24.1 Å². The molecule has 0 aliphatic carbocycles. The minimum atomic E-state index is -0.714. The molecule has 0 radical (unpaired) electrons. The molecule has 2 rings (SSSR count). The molecule has 2 heterocycles. The molecule has 1 fully saturated rings. The number of piperidine rings is 1. The lowest BCUT2D eigenvalue weighted by Gasteiger charge is -2.34. The van der Waals surface area contributed by atoms with Crippen molar-refractivity contribution in [2.75, 3.05) is 25.5 Å². The van der Waals surface area contributed by atoms with Crippen molar-refractivity contribution < 1.29 is 9.53 Å². The van der Waals surface area contributed by atoms with E-state index in [4.69, 9.17) is 4.74 Å². The van der Waals surface area contributed by atoms with Gasteiger partial charge in [-0.05, 0) is 32.9 Å². The largest absolute Gasteiger partial charge is 0.368 e. The second kappa shape index (κ2) is 6.88. The zero-order valence-electron chi connectivity index (χ0n) is 11.3. The van der Waals surface area contributed by atoms with Gasteiger partial charge in [0.05, 0.1) is 6.20 Å². The Morgan fingerprint density at radius 2 is 2.26 bits per heavy atom. The summed E-state index contributed by atoms with van der Waals surface area (Å²) >= 11 is 0. The average Bonchev–Trinajstić information content (AvgIpc) is 2.86. The number of nitrogens with zero attached hydrogens (tertiary/aromatic N) is 2. The van der Waals surface area contributed by atoms with E-state index < -0.39 is 5.60 Å². The number of nitrogens with one attached hydrogen (secondary N) is 2. The lowest BCUT2D eigenvalue weighted by molar-refractivity contribution is -0.140. The van der Waals surface area contributed by atoms with Crippen LogP contribution >= 0.6 is 12.4 Å². The smallest absolute Gasteiger partial charge is 0.257 e. The van der Waals surface area contributed by atoms with Gasteiger partial charge in [-0.2, -0.15) is 5.10 Å². The van der Waals surface area contributed by atoms with Crippen LogP contribution in [0.15, 0.2) is 12.3 Å². The Hall–Kier alpha value is -1.11. The molecule has 108 valence electrons. The molecule has 0 saturated carbocycles. The molecule has 1 amide bonds. The van der Waals surface area contributed by atoms with Crippen molar-refractivity contribution in [2.24, 2.45) is 0 Å². The second-order valence-electron chi connectivity index (χ2n) is 4.43. The SMILES string of the molecule is CCn1nccc1NC(=O)C1(OC)CCNCC1.Cl. The predicted molar refractivity (Wildman–Crippen MR) is 75.6 cm³/mol. The Morgan fingerprint density at radius 3 is 2.84 bits per heavy atom. The fourth-order valence-corrected chi connectivity index (χ4v) is 2.28. The van der Waals surface area contributed by atoms with Crippen molar-refractivity contribution in [3.63, 3.8) is 0 Å². The van der Waals surface area contributed by atoms with Crippen LogP contribution in [0.4, 0.5) is 5.82 Å². The zero-order chi connectivity index (χ0) is 13.0. The van der Waals surface area contributed by atoms with Gasteiger partial charge in [-0.3, -0.25) is 4.79 Å². The van der Waals surface area contributed by atoms with Crippen molar-refractivity contribution in [1.29, 1.82) is 0 Å². The number of amides is 1. The Kier molecular flexibility index (Phi) is 5.78. The van der Waals surface area contributed by atoms with Crippen LogP contribution in [0.25, 0.3) is 0 Å². The van der Waals surface area contributed by atoms with Crippen molar-refractivity contribution in [2.45, 2.75) is 31.9 Å². The summed E-state index contributed by atoms with van der Waals surface area (Å²) in [5.41, 5.74) is -0.714. The molecular formula is C12H21ClN4O2. The van der Waals surface area contributed by atoms with E-state index in [-0.39, 0.29) is 18.3 Å². The number of hydrogen-bond donors (Lipinski definition) is 2. The van der Waals surface area contributed by atoms with Gasteiger partial charge < -0.3 is 15.4 Å². The Balaban J connectivity index is 0.00000180. The van der Waals surface area contributed by atoms with Crippen molar-refractivity contribution >= 4 is 24.1 Å². The molecule has 1 aromatic heterocycles. The molecular weight excluding hydrogens is 268 g/mol. The number of rotatable bonds is 4. The molecule has 1 saturated heterocycles. The van der Waals surface area contributed by atoms with Gasteiger partial charge in [-0.15, -0.1) is 12.4 Å². The quantitative estimate of drug-likeness (QED) is 0.868. The van der Waals surface area contributed by atoms with Crippen LogP contribution in [-0.4, -0.2) is 41.5 Å². The number of anilines is 1. The third-order valence-electron chi connectivity index (χ3n) is 3.47. The number of carbonyl (C=O) groups is 1. The van der Waals surface area contributed by atoms with E-state index in [0.717, 1.165) is 25.5 Å². The minimum Gasteiger partial charge on any atom is -0.368 e. The number of aryl methyl sites for hydroxylation is 1. The molecule has 7 heteroatoms. The fraction of sp³-hybridized carbons (Fsp3) is 0.667. The summed E-state index contributed by atoms with van der Waals surface area (Å²) in [6.45, 7) is 4.31. The maximum Gasteiger partial charge on any atom is 0.257 e. The van der Waals surface area contributed by atoms with E-state index in [0.29, 0.717) is 12.8 Å². The third-order valence-corrected chi connectivity index (χ3v) is 3.47. The van der Waals surface area contributed by atoms with E-state index in [1.807, 2.05) is 6.92 Å². The monoisotopic (exact) mass is 288 g/mol. The summed E-state index contributed by atoms with van der Waals surface area (Å²) in [4.78, 5) is 12.4. The molecule has 0 aromatic carbocycles. The number of halogens is 1. The van der Waals surface area contributed by atoms with E-state index in [1.165, 1.54) is 0 Å². The van der Waals surface area contributed by atoms with Crippen LogP contribution in [0.2, 0.25) is 0 Å². The van der Waals surface area contributed by atoms with Gasteiger partial charge in [-0.25, -0.2) is 4.68 Å². The molecule has 0 bridgehead atoms. The Labute approximate surface area is 119 Å². The number of hydrogen-bond acceptors (Lipinski definition) is 4. The average molecular weight is 289 g/mol. The fourth-order valence-electron chi connectivity index (χ4n) is 2.28. The maximum atomic E-state index is 12.4. The van der Waals surface area contributed by atoms with Gasteiger partial charge in [0.2, 0.25) is 0 Å². The summed E-state index contributed by atoms with van der Waals surface area (Å²) < 4.78 is 7.23. The van der Waals surface area contributed by atoms with Crippen LogP contribution < -0.4 is 10.6 Å². The van der Waals surface area contributed by atoms with Crippen molar-refractivity contribution in [1.82, 2.24) is 15.1 Å². The predicted octanol–water partition coefficient (Wildman–Crippen LogP) is 1.03. The first-order valence-corrected chi connectivity index (χ1v) is 6.31. The lowest BCUT2D eigenvalue weighted by Crippen LogP contribution is -2.52. The molecule has 6 nitrogen and oxygen atoms in total. The van der Waals surface area contributed by atoms with Gasteiger partial charge in [0.25, 0.3) is 5.91 Å². The molecule has 1 aromatic rings. The molecule has 2 N–H and O–H groups in total. The van der Waals surface area contributed by atoms with E-state index in [2.05, 4.69) is 15.7 Å². The summed E-state index contributed by atoms with van der Waals surface area (Å²) in [6.07, 6.45) is 3.06. The van der Waals surface area contributed by atoms with Gasteiger partial charge in [0, 0.05) is 19.7 Å². The molecule has 0 unspecified atom stereocenters. The van der Waals surface area contributed by atoms with Gasteiger partial charge in [0.15, 0.2) is 0 Å². The van der Waals surface area contributed by atoms with Gasteiger partial charge in [-0.1, -0.05) is 0 Å². The maximum absolute atomic E-state index is 12.4. The summed E-state index contributed by atoms with van der Waals surface area (Å²) in [5.74, 6) is 0.638. The van der Waals surface area contributed by atoms with E-state index in [9.17, 15) is 4.79 Å². The highest BCUT2D eigenvalue weighted by molar-refractivity contribution is 5.96. The van der Waals surface area contributed by atoms with Gasteiger partial charge >= 0.3 is 0 Å². The topological polar surface area (TPSA) is 68.2 Å². The van der Waals surface area contributed by atoms with Crippen LogP contribution in [-0.2, 0) is 16.1 Å². The molecule has 1 aliphatic heterocycles. The Morgan fingerprint density at radius 1 is 1.58 bits per heavy atom. The lowest BCUT2D eigenvalue weighted by atomic mass is 9.91. The molecule has 1 aliphatic rings. The highest BCUT2D eigenvalue weighted by Gasteiger charge is 2.39. The molecule has 0 atom stereocenters. The first kappa shape index (κ1) is 15.9. The summed E-state index contributed by atoms with van der Waals surface area (Å²) in [5, 5.41) is 10.3. The highest BCUT2D eigenvalue weighted by atomic mass is 35.5. The zero-order valence-corrected chi connectivity index (χ0v) is 12.1. The first-order chi connectivity index (χ1) is 8.72. The number of ether oxygens (including phenoxy) is 1. The number of carbonyl (C=O) groups excluding carboxylic acids is 1. The molecule has 0 spiro atoms. The van der Waals surface area contributed by atoms with Crippen LogP contribution in [0.5, 0.6) is 0 Å². The Bertz CT molecular complexity index is 416. The normalized spacial score (nSPS) is 17.6. The second-order valence-corrected chi connectivity index (χ2v) is 4.43. The van der Waals surface area contributed by atoms with Crippen molar-refractivity contribution in [3.8, 4) is 0 Å². The van der Waals surface area contributed by atoms with Crippen LogP contribution in [0.1, 0.15) is 19.8 Å². The van der Waals surface area contributed by atoms with Crippen LogP contribution in [0.3, 0.4) is 0 Å².